The first-order chi connectivity index (χ1) is 31.2. The minimum Gasteiger partial charge on any atom is -0.208 e. The Balaban J connectivity index is 0.987. The molecule has 9 aromatic carbocycles. The molecular formula is C59H36N4. The van der Waals surface area contributed by atoms with Gasteiger partial charge < -0.3 is 0 Å². The summed E-state index contributed by atoms with van der Waals surface area (Å²) in [4.78, 5) is 15.4. The van der Waals surface area contributed by atoms with Gasteiger partial charge >= 0.3 is 0 Å². The molecule has 0 amide bonds. The van der Waals surface area contributed by atoms with E-state index in [-0.39, 0.29) is 0 Å². The predicted octanol–water partition coefficient (Wildman–Crippen LogP) is 14.1. The van der Waals surface area contributed by atoms with E-state index >= 15 is 0 Å². The van der Waals surface area contributed by atoms with Crippen molar-refractivity contribution in [2.75, 3.05) is 0 Å². The van der Waals surface area contributed by atoms with E-state index in [9.17, 15) is 5.26 Å². The summed E-state index contributed by atoms with van der Waals surface area (Å²) in [5, 5.41) is 9.98. The van der Waals surface area contributed by atoms with Gasteiger partial charge in [-0.1, -0.05) is 182 Å². The maximum Gasteiger partial charge on any atom is 0.164 e. The van der Waals surface area contributed by atoms with Crippen LogP contribution in [-0.2, 0) is 5.41 Å². The van der Waals surface area contributed by atoms with Crippen LogP contribution in [0.4, 0.5) is 0 Å². The molecule has 12 rings (SSSR count). The van der Waals surface area contributed by atoms with E-state index < -0.39 is 5.41 Å². The number of rotatable bonds is 6. The first-order valence-corrected chi connectivity index (χ1v) is 21.2. The SMILES string of the molecule is N#Cc1ccc2c(c1)-c1ccc(-c3ccc(-c4nc(-c5ccccc5)nc(-c5cc(-c6ccccc6)cc(-c6ccccc6)c5)n4)cc3)cc1C21c2ccccc2-c2ccccc21. The number of benzene rings is 9. The van der Waals surface area contributed by atoms with Gasteiger partial charge in [-0.15, -0.1) is 0 Å². The van der Waals surface area contributed by atoms with Crippen molar-refractivity contribution < 1.29 is 0 Å². The Hall–Kier alpha value is -8.52. The lowest BCUT2D eigenvalue weighted by atomic mass is 9.70. The van der Waals surface area contributed by atoms with Crippen LogP contribution in [-0.4, -0.2) is 15.0 Å². The third-order valence-corrected chi connectivity index (χ3v) is 12.8. The largest absolute Gasteiger partial charge is 0.208 e. The van der Waals surface area contributed by atoms with E-state index in [1.807, 2.05) is 48.5 Å². The topological polar surface area (TPSA) is 62.5 Å². The highest BCUT2D eigenvalue weighted by molar-refractivity contribution is 5.96. The molecule has 1 spiro atoms. The molecule has 63 heavy (non-hydrogen) atoms. The average molecular weight is 801 g/mol. The van der Waals surface area contributed by atoms with Crippen molar-refractivity contribution in [2.24, 2.45) is 0 Å². The minimum atomic E-state index is -0.505. The summed E-state index contributed by atoms with van der Waals surface area (Å²) in [5.41, 5.74) is 19.3. The lowest BCUT2D eigenvalue weighted by molar-refractivity contribution is 0.794. The lowest BCUT2D eigenvalue weighted by Crippen LogP contribution is -2.25. The van der Waals surface area contributed by atoms with Crippen LogP contribution in [0.25, 0.3) is 89.8 Å². The Morgan fingerprint density at radius 3 is 1.27 bits per heavy atom. The van der Waals surface area contributed by atoms with Crippen molar-refractivity contribution in [1.29, 1.82) is 5.26 Å². The van der Waals surface area contributed by atoms with Crippen molar-refractivity contribution in [3.05, 3.63) is 246 Å². The van der Waals surface area contributed by atoms with Crippen LogP contribution in [0.5, 0.6) is 0 Å². The van der Waals surface area contributed by atoms with Gasteiger partial charge in [-0.25, -0.2) is 15.0 Å². The molecule has 292 valence electrons. The molecule has 0 aliphatic heterocycles. The second kappa shape index (κ2) is 14.6. The molecule has 10 aromatic rings. The molecule has 1 aromatic heterocycles. The molecule has 0 atom stereocenters. The molecule has 1 heterocycles. The molecule has 0 unspecified atom stereocenters. The molecule has 0 radical (unpaired) electrons. The van der Waals surface area contributed by atoms with Crippen molar-refractivity contribution in [3.8, 4) is 95.9 Å². The fraction of sp³-hybridized carbons (Fsp3) is 0.0169. The first-order valence-electron chi connectivity index (χ1n) is 21.2. The van der Waals surface area contributed by atoms with Crippen LogP contribution in [0, 0.1) is 11.3 Å². The Kier molecular flexibility index (Phi) is 8.42. The fourth-order valence-corrected chi connectivity index (χ4v) is 9.91. The summed E-state index contributed by atoms with van der Waals surface area (Å²) in [6.07, 6.45) is 0. The zero-order valence-corrected chi connectivity index (χ0v) is 34.1. The van der Waals surface area contributed by atoms with Crippen molar-refractivity contribution >= 4 is 0 Å². The van der Waals surface area contributed by atoms with Gasteiger partial charge in [-0.2, -0.15) is 5.26 Å². The standard InChI is InChI=1S/C59H36N4/c60-37-38-24-31-54-51(32-38)50-30-29-44(36-55(50)59(54)52-22-12-10-20-48(52)49-21-11-13-23-53(49)59)41-25-27-43(28-26-41)57-61-56(42-18-8-3-9-19-42)62-58(63-57)47-34-45(39-14-4-1-5-15-39)33-46(35-47)40-16-6-2-7-17-40/h1-36H. The van der Waals surface area contributed by atoms with Crippen LogP contribution in [0.2, 0.25) is 0 Å². The second-order valence-electron chi connectivity index (χ2n) is 16.3. The quantitative estimate of drug-likeness (QED) is 0.168. The maximum atomic E-state index is 9.98. The van der Waals surface area contributed by atoms with E-state index in [1.54, 1.807) is 0 Å². The summed E-state index contributed by atoms with van der Waals surface area (Å²) >= 11 is 0. The van der Waals surface area contributed by atoms with E-state index in [2.05, 4.69) is 176 Å². The minimum absolute atomic E-state index is 0.505. The molecule has 0 bridgehead atoms. The third kappa shape index (κ3) is 5.86. The van der Waals surface area contributed by atoms with E-state index in [0.29, 0.717) is 23.0 Å². The van der Waals surface area contributed by atoms with Crippen LogP contribution in [0.15, 0.2) is 218 Å². The average Bonchev–Trinajstić information content (AvgIpc) is 3.83. The Labute approximate surface area is 366 Å². The molecule has 2 aliphatic rings. The number of fused-ring (bicyclic) bond motifs is 10. The molecule has 4 heteroatoms. The molecule has 0 saturated heterocycles. The zero-order chi connectivity index (χ0) is 41.9. The summed E-state index contributed by atoms with van der Waals surface area (Å²) in [7, 11) is 0. The van der Waals surface area contributed by atoms with E-state index in [0.717, 1.165) is 61.2 Å². The van der Waals surface area contributed by atoms with Gasteiger partial charge in [-0.3, -0.25) is 0 Å². The van der Waals surface area contributed by atoms with Gasteiger partial charge in [0.05, 0.1) is 17.0 Å². The third-order valence-electron chi connectivity index (χ3n) is 12.8. The molecular weight excluding hydrogens is 765 g/mol. The number of hydrogen-bond acceptors (Lipinski definition) is 4. The summed E-state index contributed by atoms with van der Waals surface area (Å²) < 4.78 is 0. The van der Waals surface area contributed by atoms with Crippen LogP contribution in [0.3, 0.4) is 0 Å². The summed E-state index contributed by atoms with van der Waals surface area (Å²) in [5.74, 6) is 1.83. The smallest absolute Gasteiger partial charge is 0.164 e. The van der Waals surface area contributed by atoms with Crippen molar-refractivity contribution in [1.82, 2.24) is 15.0 Å². The van der Waals surface area contributed by atoms with Gasteiger partial charge in [0, 0.05) is 16.7 Å². The van der Waals surface area contributed by atoms with E-state index in [1.165, 1.54) is 33.4 Å². The predicted molar refractivity (Wildman–Crippen MR) is 253 cm³/mol. The number of nitrogens with zero attached hydrogens (tertiary/aromatic N) is 4. The normalized spacial score (nSPS) is 12.6. The van der Waals surface area contributed by atoms with Crippen LogP contribution in [0.1, 0.15) is 27.8 Å². The molecule has 0 fully saturated rings. The Morgan fingerprint density at radius 1 is 0.286 bits per heavy atom. The number of aromatic nitrogens is 3. The molecule has 0 saturated carbocycles. The first kappa shape index (κ1) is 36.3. The highest BCUT2D eigenvalue weighted by atomic mass is 15.0. The highest BCUT2D eigenvalue weighted by Gasteiger charge is 2.51. The molecule has 0 N–H and O–H groups in total. The van der Waals surface area contributed by atoms with E-state index in [4.69, 9.17) is 15.0 Å². The van der Waals surface area contributed by atoms with Crippen molar-refractivity contribution in [3.63, 3.8) is 0 Å². The van der Waals surface area contributed by atoms with Gasteiger partial charge in [-0.05, 0) is 114 Å². The zero-order valence-electron chi connectivity index (χ0n) is 34.1. The van der Waals surface area contributed by atoms with Crippen molar-refractivity contribution in [2.45, 2.75) is 5.41 Å². The monoisotopic (exact) mass is 800 g/mol. The summed E-state index contributed by atoms with van der Waals surface area (Å²) in [6.45, 7) is 0. The van der Waals surface area contributed by atoms with Gasteiger partial charge in [0.25, 0.3) is 0 Å². The highest BCUT2D eigenvalue weighted by Crippen LogP contribution is 2.63. The Bertz CT molecular complexity index is 3340. The second-order valence-corrected chi connectivity index (χ2v) is 16.3. The van der Waals surface area contributed by atoms with Gasteiger partial charge in [0.2, 0.25) is 0 Å². The van der Waals surface area contributed by atoms with Crippen LogP contribution < -0.4 is 0 Å². The number of hydrogen-bond donors (Lipinski definition) is 0. The fourth-order valence-electron chi connectivity index (χ4n) is 9.91. The van der Waals surface area contributed by atoms with Gasteiger partial charge in [0.15, 0.2) is 17.5 Å². The Morgan fingerprint density at radius 2 is 0.698 bits per heavy atom. The summed E-state index contributed by atoms with van der Waals surface area (Å²) in [6, 6.07) is 79.2. The molecule has 2 aliphatic carbocycles. The maximum absolute atomic E-state index is 9.98. The number of nitriles is 1. The molecule has 4 nitrogen and oxygen atoms in total. The van der Waals surface area contributed by atoms with Crippen LogP contribution >= 0.6 is 0 Å². The van der Waals surface area contributed by atoms with Gasteiger partial charge in [0.1, 0.15) is 0 Å². The lowest BCUT2D eigenvalue weighted by Gasteiger charge is -2.30.